The first kappa shape index (κ1) is 34.5. The topological polar surface area (TPSA) is 99.5 Å². The van der Waals surface area contributed by atoms with E-state index in [1.165, 1.54) is 4.90 Å². The molecule has 1 saturated heterocycles. The van der Waals surface area contributed by atoms with Gasteiger partial charge in [0.2, 0.25) is 0 Å². The molecule has 260 valence electrons. The summed E-state index contributed by atoms with van der Waals surface area (Å²) in [6.07, 6.45) is -1.15. The molecule has 2 N–H and O–H groups in total. The number of ether oxygens (including phenoxy) is 2. The quantitative estimate of drug-likeness (QED) is 0.142. The first-order valence-corrected chi connectivity index (χ1v) is 17.4. The SMILES string of the molecule is C[C@H]([C@@H](O)c1ccccc1)N(C)C[C@H]1C[C@@H](c2ccc(CO)cc2)O[C@@H](c2cccc(-c3cccc(CN4C(=O)c5ccccc5C4=O)c3)c2)O1. The summed E-state index contributed by atoms with van der Waals surface area (Å²) in [5.41, 5.74) is 7.18. The van der Waals surface area contributed by atoms with E-state index < -0.39 is 12.4 Å². The molecule has 8 heteroatoms. The second-order valence-electron chi connectivity index (χ2n) is 13.5. The summed E-state index contributed by atoms with van der Waals surface area (Å²) >= 11 is 0. The molecule has 51 heavy (non-hydrogen) atoms. The van der Waals surface area contributed by atoms with Gasteiger partial charge in [0.1, 0.15) is 0 Å². The standard InChI is InChI=1S/C43H42N2O6/c1-28(40(47)32-11-4-3-5-12-32)44(2)26-36-24-39(31-20-18-29(27-46)19-21-31)51-43(50-36)35-15-9-14-34(23-35)33-13-8-10-30(22-33)25-45-41(48)37-16-6-7-17-38(37)42(45)49/h3-23,28,36,39-40,43,46-47H,24-27H2,1-2H3/t28-,36-,39+,40-,43+/m1/s1. The summed E-state index contributed by atoms with van der Waals surface area (Å²) in [5, 5.41) is 20.7. The van der Waals surface area contributed by atoms with E-state index in [0.29, 0.717) is 24.1 Å². The van der Waals surface area contributed by atoms with Gasteiger partial charge in [0.25, 0.3) is 11.8 Å². The van der Waals surface area contributed by atoms with Crippen LogP contribution in [0.5, 0.6) is 0 Å². The fourth-order valence-electron chi connectivity index (χ4n) is 6.97. The molecule has 0 unspecified atom stereocenters. The zero-order chi connectivity index (χ0) is 35.5. The Kier molecular flexibility index (Phi) is 10.2. The zero-order valence-electron chi connectivity index (χ0n) is 28.8. The molecule has 2 amide bonds. The number of carbonyl (C=O) groups is 2. The maximum absolute atomic E-state index is 13.0. The lowest BCUT2D eigenvalue weighted by Gasteiger charge is -2.39. The van der Waals surface area contributed by atoms with Crippen molar-refractivity contribution in [2.45, 2.75) is 57.1 Å². The number of benzene rings is 5. The van der Waals surface area contributed by atoms with E-state index >= 15 is 0 Å². The molecule has 2 heterocycles. The molecule has 2 aliphatic heterocycles. The molecular weight excluding hydrogens is 640 g/mol. The third-order valence-electron chi connectivity index (χ3n) is 10.0. The fraction of sp³-hybridized carbons (Fsp3) is 0.256. The van der Waals surface area contributed by atoms with E-state index in [0.717, 1.165) is 38.9 Å². The van der Waals surface area contributed by atoms with Crippen LogP contribution in [0.3, 0.4) is 0 Å². The highest BCUT2D eigenvalue weighted by molar-refractivity contribution is 6.21. The van der Waals surface area contributed by atoms with Crippen molar-refractivity contribution < 1.29 is 29.3 Å². The number of nitrogens with zero attached hydrogens (tertiary/aromatic N) is 2. The van der Waals surface area contributed by atoms with Crippen molar-refractivity contribution in [3.8, 4) is 11.1 Å². The molecule has 0 bridgehead atoms. The monoisotopic (exact) mass is 682 g/mol. The third kappa shape index (κ3) is 7.42. The van der Waals surface area contributed by atoms with Gasteiger partial charge in [0, 0.05) is 24.6 Å². The van der Waals surface area contributed by atoms with Crippen LogP contribution in [0.15, 0.2) is 127 Å². The number of fused-ring (bicyclic) bond motifs is 1. The molecule has 2 aliphatic rings. The number of aliphatic hydroxyl groups is 2. The molecule has 7 rings (SSSR count). The van der Waals surface area contributed by atoms with Crippen LogP contribution in [0.25, 0.3) is 11.1 Å². The number of carbonyl (C=O) groups excluding carboxylic acids is 2. The van der Waals surface area contributed by atoms with Gasteiger partial charge in [-0.3, -0.25) is 19.4 Å². The highest BCUT2D eigenvalue weighted by Gasteiger charge is 2.36. The molecule has 0 radical (unpaired) electrons. The Balaban J connectivity index is 1.11. The van der Waals surface area contributed by atoms with E-state index in [9.17, 15) is 19.8 Å². The zero-order valence-corrected chi connectivity index (χ0v) is 28.8. The van der Waals surface area contributed by atoms with Crippen LogP contribution in [0, 0.1) is 0 Å². The van der Waals surface area contributed by atoms with Gasteiger partial charge in [-0.2, -0.15) is 0 Å². The van der Waals surface area contributed by atoms with Crippen molar-refractivity contribution in [1.82, 2.24) is 9.80 Å². The van der Waals surface area contributed by atoms with Crippen molar-refractivity contribution in [3.63, 3.8) is 0 Å². The van der Waals surface area contributed by atoms with E-state index in [2.05, 4.69) is 11.0 Å². The van der Waals surface area contributed by atoms with Crippen molar-refractivity contribution in [2.24, 2.45) is 0 Å². The highest BCUT2D eigenvalue weighted by atomic mass is 16.7. The molecule has 0 aliphatic carbocycles. The Hall–Kier alpha value is -4.96. The summed E-state index contributed by atoms with van der Waals surface area (Å²) in [6.45, 7) is 2.75. The first-order valence-electron chi connectivity index (χ1n) is 17.4. The number of likely N-dealkylation sites (N-methyl/N-ethyl adjacent to an activating group) is 1. The summed E-state index contributed by atoms with van der Waals surface area (Å²) < 4.78 is 13.3. The fourth-order valence-corrected chi connectivity index (χ4v) is 6.97. The lowest BCUT2D eigenvalue weighted by atomic mass is 9.97. The predicted octanol–water partition coefficient (Wildman–Crippen LogP) is 7.24. The molecule has 8 nitrogen and oxygen atoms in total. The minimum atomic E-state index is -0.657. The van der Waals surface area contributed by atoms with Crippen molar-refractivity contribution in [1.29, 1.82) is 0 Å². The number of amides is 2. The second-order valence-corrected chi connectivity index (χ2v) is 13.5. The molecule has 0 spiro atoms. The Morgan fingerprint density at radius 1 is 0.745 bits per heavy atom. The lowest BCUT2D eigenvalue weighted by molar-refractivity contribution is -0.253. The highest BCUT2D eigenvalue weighted by Crippen LogP contribution is 2.39. The molecule has 5 aromatic carbocycles. The van der Waals surface area contributed by atoms with E-state index in [4.69, 9.17) is 9.47 Å². The van der Waals surface area contributed by atoms with Crippen LogP contribution < -0.4 is 0 Å². The lowest BCUT2D eigenvalue weighted by Crippen LogP contribution is -2.43. The molecular formula is C43H42N2O6. The van der Waals surface area contributed by atoms with Crippen molar-refractivity contribution >= 4 is 11.8 Å². The summed E-state index contributed by atoms with van der Waals surface area (Å²) in [5.74, 6) is -0.557. The van der Waals surface area contributed by atoms with Crippen LogP contribution in [-0.4, -0.2) is 57.6 Å². The van der Waals surface area contributed by atoms with E-state index in [-0.39, 0.29) is 43.2 Å². The van der Waals surface area contributed by atoms with Gasteiger partial charge in [-0.1, -0.05) is 103 Å². The van der Waals surface area contributed by atoms with E-state index in [1.807, 2.05) is 111 Å². The van der Waals surface area contributed by atoms with Gasteiger partial charge < -0.3 is 19.7 Å². The largest absolute Gasteiger partial charge is 0.392 e. The summed E-state index contributed by atoms with van der Waals surface area (Å²) in [6, 6.07) is 40.2. The van der Waals surface area contributed by atoms with Crippen molar-refractivity contribution in [2.75, 3.05) is 13.6 Å². The summed E-state index contributed by atoms with van der Waals surface area (Å²) in [7, 11) is 2.01. The van der Waals surface area contributed by atoms with E-state index in [1.54, 1.807) is 24.3 Å². The minimum Gasteiger partial charge on any atom is -0.392 e. The second kappa shape index (κ2) is 15.1. The van der Waals surface area contributed by atoms with Gasteiger partial charge in [-0.15, -0.1) is 0 Å². The Morgan fingerprint density at radius 2 is 1.39 bits per heavy atom. The predicted molar refractivity (Wildman–Crippen MR) is 194 cm³/mol. The first-order chi connectivity index (χ1) is 24.8. The van der Waals surface area contributed by atoms with Gasteiger partial charge in [-0.25, -0.2) is 0 Å². The molecule has 0 aromatic heterocycles. The maximum atomic E-state index is 13.0. The molecule has 0 saturated carbocycles. The van der Waals surface area contributed by atoms with Crippen LogP contribution in [-0.2, 0) is 22.6 Å². The number of rotatable bonds is 11. The smallest absolute Gasteiger partial charge is 0.261 e. The average Bonchev–Trinajstić information content (AvgIpc) is 3.42. The normalized spacial score (nSPS) is 20.0. The van der Waals surface area contributed by atoms with Gasteiger partial charge >= 0.3 is 0 Å². The number of imide groups is 1. The number of aliphatic hydroxyl groups excluding tert-OH is 2. The maximum Gasteiger partial charge on any atom is 0.261 e. The molecule has 5 aromatic rings. The Bertz CT molecular complexity index is 1960. The molecule has 1 fully saturated rings. The van der Waals surface area contributed by atoms with Crippen LogP contribution in [0.2, 0.25) is 0 Å². The van der Waals surface area contributed by atoms with Crippen LogP contribution in [0.1, 0.15) is 80.4 Å². The van der Waals surface area contributed by atoms with Gasteiger partial charge in [0.15, 0.2) is 6.29 Å². The average molecular weight is 683 g/mol. The number of hydrogen-bond acceptors (Lipinski definition) is 7. The van der Waals surface area contributed by atoms with Gasteiger partial charge in [0.05, 0.1) is 42.6 Å². The number of hydrogen-bond donors (Lipinski definition) is 2. The summed E-state index contributed by atoms with van der Waals surface area (Å²) in [4.78, 5) is 29.5. The minimum absolute atomic E-state index is 0.0289. The van der Waals surface area contributed by atoms with Crippen molar-refractivity contribution in [3.05, 3.63) is 166 Å². The Labute approximate surface area is 298 Å². The Morgan fingerprint density at radius 3 is 2.08 bits per heavy atom. The van der Waals surface area contributed by atoms with Crippen LogP contribution >= 0.6 is 0 Å². The third-order valence-corrected chi connectivity index (χ3v) is 10.0. The van der Waals surface area contributed by atoms with Crippen LogP contribution in [0.4, 0.5) is 0 Å². The van der Waals surface area contributed by atoms with Gasteiger partial charge in [-0.05, 0) is 71.6 Å². The molecule has 5 atom stereocenters.